The third-order valence-electron chi connectivity index (χ3n) is 1.37. The van der Waals surface area contributed by atoms with Gasteiger partial charge in [0.25, 0.3) is 0 Å². The van der Waals surface area contributed by atoms with Gasteiger partial charge in [0.15, 0.2) is 5.78 Å². The number of hydrogen-bond acceptors (Lipinski definition) is 3. The molecule has 1 aromatic rings. The summed E-state index contributed by atoms with van der Waals surface area (Å²) in [4.78, 5) is 14.8. The van der Waals surface area contributed by atoms with Crippen LogP contribution in [-0.4, -0.2) is 10.8 Å². The lowest BCUT2D eigenvalue weighted by Gasteiger charge is -1.89. The Morgan fingerprint density at radius 2 is 2.36 bits per heavy atom. The molecule has 1 aromatic heterocycles. The number of carbonyl (C=O) groups is 1. The van der Waals surface area contributed by atoms with E-state index < -0.39 is 0 Å². The summed E-state index contributed by atoms with van der Waals surface area (Å²) in [7, 11) is 0. The SMILES string of the molecule is CC(=O)C(C)=Cc1cscn1. The van der Waals surface area contributed by atoms with E-state index in [-0.39, 0.29) is 5.78 Å². The van der Waals surface area contributed by atoms with Gasteiger partial charge in [-0.2, -0.15) is 0 Å². The van der Waals surface area contributed by atoms with E-state index in [0.717, 1.165) is 11.3 Å². The van der Waals surface area contributed by atoms with Gasteiger partial charge in [-0.3, -0.25) is 4.79 Å². The van der Waals surface area contributed by atoms with Gasteiger partial charge in [-0.1, -0.05) is 0 Å². The number of Topliss-reactive ketones (excluding diaryl/α,β-unsaturated/α-hetero) is 1. The summed E-state index contributed by atoms with van der Waals surface area (Å²) in [6.07, 6.45) is 1.79. The van der Waals surface area contributed by atoms with E-state index in [1.54, 1.807) is 25.4 Å². The van der Waals surface area contributed by atoms with Gasteiger partial charge >= 0.3 is 0 Å². The summed E-state index contributed by atoms with van der Waals surface area (Å²) in [5.41, 5.74) is 3.36. The Bertz CT molecular complexity index is 274. The molecular weight excluding hydrogens is 158 g/mol. The fourth-order valence-corrected chi connectivity index (χ4v) is 1.13. The molecule has 0 aliphatic rings. The molecule has 0 aliphatic carbocycles. The molecule has 3 heteroatoms. The molecule has 1 rings (SSSR count). The average Bonchev–Trinajstić information content (AvgIpc) is 2.39. The fraction of sp³-hybridized carbons (Fsp3) is 0.250. The maximum Gasteiger partial charge on any atom is 0.155 e. The molecule has 0 aromatic carbocycles. The number of hydrogen-bond donors (Lipinski definition) is 0. The topological polar surface area (TPSA) is 30.0 Å². The number of nitrogens with zero attached hydrogens (tertiary/aromatic N) is 1. The number of thiazole rings is 1. The second-order valence-electron chi connectivity index (χ2n) is 2.30. The Kier molecular flexibility index (Phi) is 2.54. The number of rotatable bonds is 2. The molecule has 0 fully saturated rings. The Labute approximate surface area is 69.6 Å². The van der Waals surface area contributed by atoms with Crippen molar-refractivity contribution < 1.29 is 4.79 Å². The van der Waals surface area contributed by atoms with Crippen molar-refractivity contribution in [1.29, 1.82) is 0 Å². The van der Waals surface area contributed by atoms with Gasteiger partial charge in [0, 0.05) is 5.38 Å². The number of allylic oxidation sites excluding steroid dienone is 1. The van der Waals surface area contributed by atoms with Gasteiger partial charge in [0.2, 0.25) is 0 Å². The molecule has 0 saturated carbocycles. The summed E-state index contributed by atoms with van der Waals surface area (Å²) in [6, 6.07) is 0. The molecule has 58 valence electrons. The molecule has 0 N–H and O–H groups in total. The molecule has 0 radical (unpaired) electrons. The highest BCUT2D eigenvalue weighted by Gasteiger charge is 1.96. The minimum atomic E-state index is 0.0954. The minimum absolute atomic E-state index is 0.0954. The molecule has 0 unspecified atom stereocenters. The highest BCUT2D eigenvalue weighted by molar-refractivity contribution is 7.07. The molecule has 0 amide bonds. The first-order valence-electron chi connectivity index (χ1n) is 3.27. The van der Waals surface area contributed by atoms with Crippen molar-refractivity contribution >= 4 is 23.2 Å². The molecule has 0 aliphatic heterocycles. The average molecular weight is 167 g/mol. The van der Waals surface area contributed by atoms with Crippen molar-refractivity contribution in [1.82, 2.24) is 4.98 Å². The van der Waals surface area contributed by atoms with Crippen LogP contribution in [0.15, 0.2) is 16.5 Å². The van der Waals surface area contributed by atoms with Crippen LogP contribution in [-0.2, 0) is 4.79 Å². The van der Waals surface area contributed by atoms with Gasteiger partial charge in [-0.15, -0.1) is 11.3 Å². The third kappa shape index (κ3) is 2.27. The van der Waals surface area contributed by atoms with Crippen LogP contribution in [0, 0.1) is 0 Å². The van der Waals surface area contributed by atoms with Crippen molar-refractivity contribution in [2.75, 3.05) is 0 Å². The lowest BCUT2D eigenvalue weighted by molar-refractivity contribution is -0.113. The first kappa shape index (κ1) is 8.14. The third-order valence-corrected chi connectivity index (χ3v) is 1.98. The molecular formula is C8H9NOS. The van der Waals surface area contributed by atoms with E-state index in [0.29, 0.717) is 0 Å². The predicted molar refractivity (Wildman–Crippen MR) is 46.4 cm³/mol. The largest absolute Gasteiger partial charge is 0.295 e. The van der Waals surface area contributed by atoms with Crippen molar-refractivity contribution in [2.45, 2.75) is 13.8 Å². The first-order chi connectivity index (χ1) is 5.20. The van der Waals surface area contributed by atoms with Gasteiger partial charge < -0.3 is 0 Å². The van der Waals surface area contributed by atoms with Crippen LogP contribution in [0.5, 0.6) is 0 Å². The first-order valence-corrected chi connectivity index (χ1v) is 4.22. The van der Waals surface area contributed by atoms with Gasteiger partial charge in [-0.05, 0) is 25.5 Å². The number of ketones is 1. The van der Waals surface area contributed by atoms with Crippen LogP contribution in [0.4, 0.5) is 0 Å². The number of aromatic nitrogens is 1. The monoisotopic (exact) mass is 167 g/mol. The molecule has 0 bridgehead atoms. The summed E-state index contributed by atoms with van der Waals surface area (Å²) in [5, 5.41) is 1.91. The van der Waals surface area contributed by atoms with E-state index in [1.165, 1.54) is 11.3 Å². The van der Waals surface area contributed by atoms with Crippen molar-refractivity contribution in [3.63, 3.8) is 0 Å². The lowest BCUT2D eigenvalue weighted by Crippen LogP contribution is -1.90. The zero-order chi connectivity index (χ0) is 8.27. The standard InChI is InChI=1S/C8H9NOS/c1-6(7(2)10)3-8-4-11-5-9-8/h3-5H,1-2H3. The van der Waals surface area contributed by atoms with Gasteiger partial charge in [-0.25, -0.2) is 4.98 Å². The predicted octanol–water partition coefficient (Wildman–Crippen LogP) is 2.14. The zero-order valence-electron chi connectivity index (χ0n) is 6.50. The molecule has 11 heavy (non-hydrogen) atoms. The van der Waals surface area contributed by atoms with Crippen LogP contribution in [0.1, 0.15) is 19.5 Å². The van der Waals surface area contributed by atoms with Crippen LogP contribution < -0.4 is 0 Å². The van der Waals surface area contributed by atoms with Gasteiger partial charge in [0.05, 0.1) is 11.2 Å². The molecule has 0 saturated heterocycles. The van der Waals surface area contributed by atoms with Crippen LogP contribution in [0.25, 0.3) is 6.08 Å². The number of carbonyl (C=O) groups excluding carboxylic acids is 1. The summed E-state index contributed by atoms with van der Waals surface area (Å²) < 4.78 is 0. The summed E-state index contributed by atoms with van der Waals surface area (Å²) >= 11 is 1.53. The van der Waals surface area contributed by atoms with Crippen molar-refractivity contribution in [3.8, 4) is 0 Å². The molecule has 2 nitrogen and oxygen atoms in total. The van der Waals surface area contributed by atoms with Crippen molar-refractivity contribution in [2.24, 2.45) is 0 Å². The van der Waals surface area contributed by atoms with Crippen molar-refractivity contribution in [3.05, 3.63) is 22.2 Å². The molecule has 0 atom stereocenters. The van der Waals surface area contributed by atoms with E-state index >= 15 is 0 Å². The summed E-state index contributed by atoms with van der Waals surface area (Å²) in [6.45, 7) is 3.35. The Hall–Kier alpha value is -0.960. The highest BCUT2D eigenvalue weighted by Crippen LogP contribution is 2.07. The lowest BCUT2D eigenvalue weighted by atomic mass is 10.2. The Morgan fingerprint density at radius 1 is 1.64 bits per heavy atom. The van der Waals surface area contributed by atoms with Crippen LogP contribution in [0.2, 0.25) is 0 Å². The zero-order valence-corrected chi connectivity index (χ0v) is 7.31. The smallest absolute Gasteiger partial charge is 0.155 e. The summed E-state index contributed by atoms with van der Waals surface area (Å²) in [5.74, 6) is 0.0954. The fourth-order valence-electron chi connectivity index (χ4n) is 0.617. The van der Waals surface area contributed by atoms with Crippen LogP contribution >= 0.6 is 11.3 Å². The van der Waals surface area contributed by atoms with Crippen LogP contribution in [0.3, 0.4) is 0 Å². The highest BCUT2D eigenvalue weighted by atomic mass is 32.1. The van der Waals surface area contributed by atoms with E-state index in [2.05, 4.69) is 4.98 Å². The maximum absolute atomic E-state index is 10.8. The maximum atomic E-state index is 10.8. The van der Waals surface area contributed by atoms with E-state index in [4.69, 9.17) is 0 Å². The quantitative estimate of drug-likeness (QED) is 0.631. The Morgan fingerprint density at radius 3 is 2.82 bits per heavy atom. The Balaban J connectivity index is 2.82. The second kappa shape index (κ2) is 3.44. The normalized spacial score (nSPS) is 11.6. The molecule has 1 heterocycles. The minimum Gasteiger partial charge on any atom is -0.295 e. The van der Waals surface area contributed by atoms with E-state index in [9.17, 15) is 4.79 Å². The second-order valence-corrected chi connectivity index (χ2v) is 3.02. The van der Waals surface area contributed by atoms with E-state index in [1.807, 2.05) is 5.38 Å². The van der Waals surface area contributed by atoms with Gasteiger partial charge in [0.1, 0.15) is 0 Å². The molecule has 0 spiro atoms.